The van der Waals surface area contributed by atoms with Gasteiger partial charge < -0.3 is 10.3 Å². The molecule has 0 saturated carbocycles. The zero-order valence-electron chi connectivity index (χ0n) is 10.8. The number of halogens is 2. The molecule has 3 rings (SSSR count). The van der Waals surface area contributed by atoms with Gasteiger partial charge in [0.05, 0.1) is 10.0 Å². The summed E-state index contributed by atoms with van der Waals surface area (Å²) in [5, 5.41) is 2.38. The lowest BCUT2D eigenvalue weighted by Gasteiger charge is -2.08. The molecule has 2 N–H and O–H groups in total. The minimum Gasteiger partial charge on any atom is -0.343 e. The second-order valence-corrected chi connectivity index (χ2v) is 5.60. The molecule has 2 nitrogen and oxygen atoms in total. The van der Waals surface area contributed by atoms with Crippen LogP contribution in [0.25, 0.3) is 10.9 Å². The van der Waals surface area contributed by atoms with Crippen LogP contribution in [0.5, 0.6) is 0 Å². The first-order valence-corrected chi connectivity index (χ1v) is 7.15. The average molecular weight is 305 g/mol. The lowest BCUT2D eigenvalue weighted by atomic mass is 10.1. The third kappa shape index (κ3) is 2.55. The second-order valence-electron chi connectivity index (χ2n) is 4.79. The van der Waals surface area contributed by atoms with Crippen LogP contribution in [0.15, 0.2) is 48.7 Å². The molecule has 1 heterocycles. The smallest absolute Gasteiger partial charge is 0.0595 e. The SMILES string of the molecule is NCc1ccc2ccn(Cc3ccc(Cl)c(Cl)c3)c2c1. The van der Waals surface area contributed by atoms with Crippen LogP contribution in [0.4, 0.5) is 0 Å². The van der Waals surface area contributed by atoms with Gasteiger partial charge in [0, 0.05) is 24.8 Å². The van der Waals surface area contributed by atoms with E-state index in [9.17, 15) is 0 Å². The van der Waals surface area contributed by atoms with Crippen molar-refractivity contribution >= 4 is 34.1 Å². The Hall–Kier alpha value is -1.48. The Kier molecular flexibility index (Phi) is 3.70. The maximum atomic E-state index is 6.06. The van der Waals surface area contributed by atoms with Crippen molar-refractivity contribution in [1.29, 1.82) is 0 Å². The number of benzene rings is 2. The van der Waals surface area contributed by atoms with Crippen molar-refractivity contribution in [2.24, 2.45) is 5.73 Å². The van der Waals surface area contributed by atoms with Crippen molar-refractivity contribution < 1.29 is 0 Å². The topological polar surface area (TPSA) is 30.9 Å². The van der Waals surface area contributed by atoms with Crippen LogP contribution in [0.2, 0.25) is 10.0 Å². The molecule has 0 aliphatic carbocycles. The van der Waals surface area contributed by atoms with Crippen molar-refractivity contribution in [3.63, 3.8) is 0 Å². The van der Waals surface area contributed by atoms with Gasteiger partial charge >= 0.3 is 0 Å². The van der Waals surface area contributed by atoms with Crippen molar-refractivity contribution in [3.05, 3.63) is 69.8 Å². The average Bonchev–Trinajstić information content (AvgIpc) is 2.85. The van der Waals surface area contributed by atoms with E-state index < -0.39 is 0 Å². The molecule has 0 bridgehead atoms. The predicted molar refractivity (Wildman–Crippen MR) is 85.4 cm³/mol. The maximum absolute atomic E-state index is 6.06. The highest BCUT2D eigenvalue weighted by atomic mass is 35.5. The van der Waals surface area contributed by atoms with Gasteiger partial charge in [-0.2, -0.15) is 0 Å². The van der Waals surface area contributed by atoms with E-state index >= 15 is 0 Å². The van der Waals surface area contributed by atoms with Crippen LogP contribution >= 0.6 is 23.2 Å². The molecule has 0 saturated heterocycles. The summed E-state index contributed by atoms with van der Waals surface area (Å²) in [5.74, 6) is 0. The van der Waals surface area contributed by atoms with Crippen LogP contribution in [0.3, 0.4) is 0 Å². The Balaban J connectivity index is 1.99. The van der Waals surface area contributed by atoms with Crippen LogP contribution in [0, 0.1) is 0 Å². The summed E-state index contributed by atoms with van der Waals surface area (Å²) >= 11 is 12.0. The van der Waals surface area contributed by atoms with Crippen LogP contribution < -0.4 is 5.73 Å². The van der Waals surface area contributed by atoms with Crippen LogP contribution in [-0.4, -0.2) is 4.57 Å². The Morgan fingerprint density at radius 1 is 0.900 bits per heavy atom. The van der Waals surface area contributed by atoms with E-state index in [1.54, 1.807) is 0 Å². The monoisotopic (exact) mass is 304 g/mol. The molecule has 20 heavy (non-hydrogen) atoms. The normalized spacial score (nSPS) is 11.2. The number of rotatable bonds is 3. The third-order valence-corrected chi connectivity index (χ3v) is 4.15. The zero-order chi connectivity index (χ0) is 14.1. The van der Waals surface area contributed by atoms with E-state index in [0.717, 1.165) is 17.7 Å². The van der Waals surface area contributed by atoms with Gasteiger partial charge in [0.25, 0.3) is 0 Å². The van der Waals surface area contributed by atoms with Crippen molar-refractivity contribution in [1.82, 2.24) is 4.57 Å². The Labute approximate surface area is 127 Å². The number of hydrogen-bond acceptors (Lipinski definition) is 1. The Bertz CT molecular complexity index is 762. The summed E-state index contributed by atoms with van der Waals surface area (Å²) in [6, 6.07) is 14.1. The van der Waals surface area contributed by atoms with Gasteiger partial charge in [-0.25, -0.2) is 0 Å². The van der Waals surface area contributed by atoms with E-state index in [1.165, 1.54) is 10.9 Å². The number of nitrogens with zero attached hydrogens (tertiary/aromatic N) is 1. The first kappa shape index (κ1) is 13.5. The standard InChI is InChI=1S/C16H14Cl2N2/c17-14-4-2-12(7-15(14)18)10-20-6-5-13-3-1-11(9-19)8-16(13)20/h1-8H,9-10,19H2. The summed E-state index contributed by atoms with van der Waals surface area (Å²) in [6.07, 6.45) is 2.08. The maximum Gasteiger partial charge on any atom is 0.0595 e. The highest BCUT2D eigenvalue weighted by Gasteiger charge is 2.05. The molecule has 0 spiro atoms. The summed E-state index contributed by atoms with van der Waals surface area (Å²) in [5.41, 5.74) is 9.14. The zero-order valence-corrected chi connectivity index (χ0v) is 12.3. The molecule has 1 aromatic heterocycles. The predicted octanol–water partition coefficient (Wildman–Crippen LogP) is 4.46. The van der Waals surface area contributed by atoms with Gasteiger partial charge in [-0.1, -0.05) is 41.4 Å². The fourth-order valence-corrected chi connectivity index (χ4v) is 2.65. The van der Waals surface area contributed by atoms with Crippen molar-refractivity contribution in [2.45, 2.75) is 13.1 Å². The molecule has 0 aliphatic heterocycles. The fourth-order valence-electron chi connectivity index (χ4n) is 2.33. The number of nitrogens with two attached hydrogens (primary N) is 1. The highest BCUT2D eigenvalue weighted by molar-refractivity contribution is 6.42. The molecule has 4 heteroatoms. The summed E-state index contributed by atoms with van der Waals surface area (Å²) < 4.78 is 2.19. The number of hydrogen-bond donors (Lipinski definition) is 1. The van der Waals surface area contributed by atoms with Gasteiger partial charge in [-0.05, 0) is 40.8 Å². The van der Waals surface area contributed by atoms with Gasteiger partial charge in [0.2, 0.25) is 0 Å². The molecule has 0 amide bonds. The van der Waals surface area contributed by atoms with Gasteiger partial charge in [-0.15, -0.1) is 0 Å². The molecule has 0 atom stereocenters. The molecule has 2 aromatic carbocycles. The van der Waals surface area contributed by atoms with Gasteiger partial charge in [0.1, 0.15) is 0 Å². The van der Waals surface area contributed by atoms with Crippen LogP contribution in [0.1, 0.15) is 11.1 Å². The van der Waals surface area contributed by atoms with Crippen molar-refractivity contribution in [2.75, 3.05) is 0 Å². The van der Waals surface area contributed by atoms with E-state index in [-0.39, 0.29) is 0 Å². The van der Waals surface area contributed by atoms with E-state index in [1.807, 2.05) is 18.2 Å². The molecule has 0 aliphatic rings. The molecular formula is C16H14Cl2N2. The molecule has 0 unspecified atom stereocenters. The Morgan fingerprint density at radius 2 is 1.70 bits per heavy atom. The Morgan fingerprint density at radius 3 is 2.45 bits per heavy atom. The lowest BCUT2D eigenvalue weighted by molar-refractivity contribution is 0.836. The van der Waals surface area contributed by atoms with Gasteiger partial charge in [-0.3, -0.25) is 0 Å². The minimum atomic E-state index is 0.549. The molecule has 3 aromatic rings. The molecule has 0 fully saturated rings. The lowest BCUT2D eigenvalue weighted by Crippen LogP contribution is -2.00. The summed E-state index contributed by atoms with van der Waals surface area (Å²) in [7, 11) is 0. The largest absolute Gasteiger partial charge is 0.343 e. The van der Waals surface area contributed by atoms with Crippen LogP contribution in [-0.2, 0) is 13.1 Å². The van der Waals surface area contributed by atoms with Crippen molar-refractivity contribution in [3.8, 4) is 0 Å². The number of aromatic nitrogens is 1. The second kappa shape index (κ2) is 5.49. The summed E-state index contributed by atoms with van der Waals surface area (Å²) in [4.78, 5) is 0. The first-order chi connectivity index (χ1) is 9.67. The van der Waals surface area contributed by atoms with E-state index in [4.69, 9.17) is 28.9 Å². The molecular weight excluding hydrogens is 291 g/mol. The molecule has 102 valence electrons. The highest BCUT2D eigenvalue weighted by Crippen LogP contribution is 2.24. The van der Waals surface area contributed by atoms with E-state index in [2.05, 4.69) is 35.0 Å². The van der Waals surface area contributed by atoms with E-state index in [0.29, 0.717) is 16.6 Å². The molecule has 0 radical (unpaired) electrons. The number of fused-ring (bicyclic) bond motifs is 1. The third-order valence-electron chi connectivity index (χ3n) is 3.41. The van der Waals surface area contributed by atoms with Gasteiger partial charge in [0.15, 0.2) is 0 Å². The minimum absolute atomic E-state index is 0.549. The quantitative estimate of drug-likeness (QED) is 0.761. The fraction of sp³-hybridized carbons (Fsp3) is 0.125. The first-order valence-electron chi connectivity index (χ1n) is 6.39. The summed E-state index contributed by atoms with van der Waals surface area (Å²) in [6.45, 7) is 1.31.